The van der Waals surface area contributed by atoms with Crippen LogP contribution in [0.4, 0.5) is 10.1 Å². The van der Waals surface area contributed by atoms with Crippen LogP contribution >= 0.6 is 0 Å². The molecule has 0 fully saturated rings. The van der Waals surface area contributed by atoms with E-state index in [0.29, 0.717) is 0 Å². The fraction of sp³-hybridized carbons (Fsp3) is 0.417. The molecule has 1 aromatic carbocycles. The van der Waals surface area contributed by atoms with Gasteiger partial charge < -0.3 is 42.5 Å². The van der Waals surface area contributed by atoms with Crippen LogP contribution in [0.25, 0.3) is 0 Å². The second-order valence-electron chi connectivity index (χ2n) is 9.77. The highest BCUT2D eigenvalue weighted by atomic mass is 19.1. The van der Waals surface area contributed by atoms with E-state index in [4.69, 9.17) is 11.5 Å². The number of benzene rings is 1. The van der Waals surface area contributed by atoms with E-state index in [1.54, 1.807) is 13.8 Å². The van der Waals surface area contributed by atoms with Gasteiger partial charge in [0.25, 0.3) is 5.91 Å². The van der Waals surface area contributed by atoms with Crippen molar-refractivity contribution in [3.63, 3.8) is 0 Å². The van der Waals surface area contributed by atoms with Gasteiger partial charge in [0.15, 0.2) is 17.1 Å². The van der Waals surface area contributed by atoms with Crippen LogP contribution in [0.2, 0.25) is 0 Å². The van der Waals surface area contributed by atoms with Gasteiger partial charge in [0.05, 0.1) is 23.8 Å². The quantitative estimate of drug-likeness (QED) is 0.186. The number of rotatable bonds is 5. The topological polar surface area (TPSA) is 225 Å². The number of halogens is 1. The SMILES string of the molecule is CC(C)NCC(=O)Nc1cc(F)c2c(c1O)C(=O)C1=C(O)[C@]3(O)C(=O)C(C(N)=O)=C(O)[C@@H](N)[C@@H]3C[C@@H]1C2. The van der Waals surface area contributed by atoms with Gasteiger partial charge in [-0.25, -0.2) is 4.39 Å². The lowest BCUT2D eigenvalue weighted by Gasteiger charge is -2.47. The number of phenols is 1. The number of Topliss-reactive ketones (excluding diaryl/α,β-unsaturated/α-hetero) is 2. The van der Waals surface area contributed by atoms with Crippen molar-refractivity contribution in [2.24, 2.45) is 23.3 Å². The third-order valence-electron chi connectivity index (χ3n) is 7.14. The molecule has 0 saturated carbocycles. The fourth-order valence-corrected chi connectivity index (χ4v) is 5.32. The molecule has 0 bridgehead atoms. The monoisotopic (exact) mass is 518 g/mol. The zero-order valence-corrected chi connectivity index (χ0v) is 20.0. The third-order valence-corrected chi connectivity index (χ3v) is 7.14. The zero-order chi connectivity index (χ0) is 27.6. The molecular weight excluding hydrogens is 491 g/mol. The number of aliphatic hydroxyl groups is 3. The van der Waals surface area contributed by atoms with Crippen molar-refractivity contribution in [2.45, 2.75) is 44.4 Å². The molecule has 0 unspecified atom stereocenters. The highest BCUT2D eigenvalue weighted by Crippen LogP contribution is 2.52. The molecule has 0 aromatic heterocycles. The van der Waals surface area contributed by atoms with Crippen molar-refractivity contribution >= 4 is 29.1 Å². The number of carbonyl (C=O) groups is 4. The van der Waals surface area contributed by atoms with Crippen molar-refractivity contribution in [1.29, 1.82) is 0 Å². The summed E-state index contributed by atoms with van der Waals surface area (Å²) in [5, 5.41) is 48.6. The first-order valence-electron chi connectivity index (χ1n) is 11.5. The van der Waals surface area contributed by atoms with E-state index >= 15 is 4.39 Å². The Hall–Kier alpha value is -3.81. The van der Waals surface area contributed by atoms with Gasteiger partial charge in [-0.2, -0.15) is 0 Å². The van der Waals surface area contributed by atoms with E-state index < -0.39 is 86.7 Å². The number of hydrogen-bond acceptors (Lipinski definition) is 10. The highest BCUT2D eigenvalue weighted by Gasteiger charge is 2.62. The number of nitrogens with one attached hydrogen (secondary N) is 2. The van der Waals surface area contributed by atoms with Gasteiger partial charge in [-0.3, -0.25) is 19.2 Å². The lowest BCUT2D eigenvalue weighted by molar-refractivity contribution is -0.145. The molecular formula is C24H27FN4O8. The number of allylic oxidation sites excluding steroid dienone is 1. The van der Waals surface area contributed by atoms with Gasteiger partial charge in [-0.1, -0.05) is 13.8 Å². The molecule has 3 aliphatic carbocycles. The van der Waals surface area contributed by atoms with Gasteiger partial charge in [-0.05, 0) is 18.8 Å². The minimum atomic E-state index is -2.86. The van der Waals surface area contributed by atoms with Gasteiger partial charge in [0.1, 0.15) is 22.9 Å². The Morgan fingerprint density at radius 3 is 2.49 bits per heavy atom. The number of anilines is 1. The molecule has 0 aliphatic heterocycles. The standard InChI is InChI=1S/C24H27FN4O8/c1-7(2)28-6-13(30)29-12-5-11(25)9-3-8-4-10-17(26)20(33)16(23(27)36)22(35)24(10,37)21(34)14(8)19(32)15(9)18(12)31/h5,7-8,10,17,28,31,33-34,37H,3-4,6,26H2,1-2H3,(H2,27,36)(H,29,30)/t8-,10-,17-,24-/m0/s1. The average Bonchev–Trinajstić information content (AvgIpc) is 2.81. The molecule has 37 heavy (non-hydrogen) atoms. The number of hydrogen-bond donors (Lipinski definition) is 8. The third kappa shape index (κ3) is 3.86. The molecule has 13 heteroatoms. The smallest absolute Gasteiger partial charge is 0.255 e. The Labute approximate surface area is 209 Å². The van der Waals surface area contributed by atoms with Crippen LogP contribution in [0, 0.1) is 17.7 Å². The van der Waals surface area contributed by atoms with Gasteiger partial charge in [-0.15, -0.1) is 0 Å². The van der Waals surface area contributed by atoms with Crippen molar-refractivity contribution in [2.75, 3.05) is 11.9 Å². The molecule has 0 spiro atoms. The summed E-state index contributed by atoms with van der Waals surface area (Å²) in [4.78, 5) is 50.5. The fourth-order valence-electron chi connectivity index (χ4n) is 5.32. The summed E-state index contributed by atoms with van der Waals surface area (Å²) in [5.41, 5.74) is 5.68. The summed E-state index contributed by atoms with van der Waals surface area (Å²) in [6.45, 7) is 3.45. The summed E-state index contributed by atoms with van der Waals surface area (Å²) >= 11 is 0. The normalized spacial score (nSPS) is 27.1. The van der Waals surface area contributed by atoms with Crippen LogP contribution in [0.5, 0.6) is 5.75 Å². The van der Waals surface area contributed by atoms with Gasteiger partial charge in [0.2, 0.25) is 11.7 Å². The van der Waals surface area contributed by atoms with E-state index in [9.17, 15) is 39.6 Å². The molecule has 0 saturated heterocycles. The molecule has 3 aliphatic rings. The number of primary amides is 1. The van der Waals surface area contributed by atoms with Crippen LogP contribution in [0.1, 0.15) is 36.2 Å². The number of aliphatic hydroxyl groups excluding tert-OH is 2. The second kappa shape index (κ2) is 8.94. The highest BCUT2D eigenvalue weighted by molar-refractivity contribution is 6.25. The van der Waals surface area contributed by atoms with Crippen LogP contribution in [-0.2, 0) is 20.8 Å². The lowest BCUT2D eigenvalue weighted by Crippen LogP contribution is -2.63. The molecule has 10 N–H and O–H groups in total. The molecule has 4 rings (SSSR count). The molecule has 4 atom stereocenters. The van der Waals surface area contributed by atoms with Crippen LogP contribution in [0.15, 0.2) is 28.7 Å². The zero-order valence-electron chi connectivity index (χ0n) is 20.0. The molecule has 0 radical (unpaired) electrons. The van der Waals surface area contributed by atoms with E-state index in [2.05, 4.69) is 10.6 Å². The second-order valence-corrected chi connectivity index (χ2v) is 9.77. The maximum atomic E-state index is 15.1. The minimum absolute atomic E-state index is 0.0311. The van der Waals surface area contributed by atoms with Crippen molar-refractivity contribution in [1.82, 2.24) is 5.32 Å². The summed E-state index contributed by atoms with van der Waals surface area (Å²) in [6.07, 6.45) is -0.479. The van der Waals surface area contributed by atoms with Crippen LogP contribution in [-0.4, -0.2) is 68.0 Å². The number of amides is 2. The largest absolute Gasteiger partial charge is 0.510 e. The number of ketones is 2. The van der Waals surface area contributed by atoms with Crippen molar-refractivity contribution < 1.29 is 44.0 Å². The Bertz CT molecular complexity index is 1320. The Kier molecular flexibility index (Phi) is 6.34. The van der Waals surface area contributed by atoms with E-state index in [0.717, 1.165) is 6.07 Å². The van der Waals surface area contributed by atoms with Gasteiger partial charge in [0, 0.05) is 29.2 Å². The van der Waals surface area contributed by atoms with E-state index in [1.807, 2.05) is 0 Å². The first-order chi connectivity index (χ1) is 17.2. The number of carbonyl (C=O) groups excluding carboxylic acids is 4. The minimum Gasteiger partial charge on any atom is -0.510 e. The van der Waals surface area contributed by atoms with E-state index in [1.165, 1.54) is 0 Å². The molecule has 0 heterocycles. The molecule has 2 amide bonds. The maximum absolute atomic E-state index is 15.1. The summed E-state index contributed by atoms with van der Waals surface area (Å²) in [7, 11) is 0. The number of fused-ring (bicyclic) bond motifs is 3. The number of aromatic hydroxyl groups is 1. The van der Waals surface area contributed by atoms with E-state index in [-0.39, 0.29) is 36.7 Å². The number of phenolic OH excluding ortho intramolecular Hbond substituents is 1. The van der Waals surface area contributed by atoms with Crippen molar-refractivity contribution in [3.8, 4) is 5.75 Å². The summed E-state index contributed by atoms with van der Waals surface area (Å²) in [6, 6.07) is -0.663. The number of nitrogens with two attached hydrogens (primary N) is 2. The maximum Gasteiger partial charge on any atom is 0.255 e. The Morgan fingerprint density at radius 2 is 1.89 bits per heavy atom. The van der Waals surface area contributed by atoms with Gasteiger partial charge >= 0.3 is 0 Å². The predicted molar refractivity (Wildman–Crippen MR) is 126 cm³/mol. The Morgan fingerprint density at radius 1 is 1.24 bits per heavy atom. The molecule has 198 valence electrons. The first-order valence-corrected chi connectivity index (χ1v) is 11.5. The van der Waals surface area contributed by atoms with Crippen LogP contribution in [0.3, 0.4) is 0 Å². The molecule has 12 nitrogen and oxygen atoms in total. The lowest BCUT2D eigenvalue weighted by atomic mass is 9.59. The first kappa shape index (κ1) is 26.3. The molecule has 1 aromatic rings. The summed E-state index contributed by atoms with van der Waals surface area (Å²) in [5.74, 6) is -10.5. The predicted octanol–water partition coefficient (Wildman–Crippen LogP) is -0.407. The average molecular weight is 518 g/mol. The van der Waals surface area contributed by atoms with Crippen LogP contribution < -0.4 is 22.1 Å². The Balaban J connectivity index is 1.81. The van der Waals surface area contributed by atoms with Crippen molar-refractivity contribution in [3.05, 3.63) is 45.7 Å². The summed E-state index contributed by atoms with van der Waals surface area (Å²) < 4.78 is 15.1.